The van der Waals surface area contributed by atoms with Gasteiger partial charge in [-0.25, -0.2) is 17.8 Å². The fourth-order valence-corrected chi connectivity index (χ4v) is 6.38. The van der Waals surface area contributed by atoms with Crippen LogP contribution in [0.1, 0.15) is 38.2 Å². The van der Waals surface area contributed by atoms with Crippen LogP contribution in [0.3, 0.4) is 0 Å². The van der Waals surface area contributed by atoms with E-state index in [4.69, 9.17) is 0 Å². The van der Waals surface area contributed by atoms with Gasteiger partial charge in [-0.2, -0.15) is 0 Å². The molecule has 0 atom stereocenters. The molecule has 0 bridgehead atoms. The zero-order valence-corrected chi connectivity index (χ0v) is 17.5. The number of halogens is 1. The van der Waals surface area contributed by atoms with Crippen molar-refractivity contribution < 1.29 is 12.8 Å². The molecule has 0 saturated carbocycles. The molecule has 0 spiro atoms. The lowest BCUT2D eigenvalue weighted by atomic mass is 9.94. The SMILES string of the molecule is CCc1cc(S(=O)(=O)Nc2nccs2)c(F)cc1NCC12CCCN1CCC2. The van der Waals surface area contributed by atoms with Gasteiger partial charge in [0, 0.05) is 29.3 Å². The molecule has 0 amide bonds. The van der Waals surface area contributed by atoms with Gasteiger partial charge in [0.05, 0.1) is 0 Å². The number of anilines is 2. The van der Waals surface area contributed by atoms with E-state index in [0.717, 1.165) is 49.4 Å². The molecule has 1 aromatic heterocycles. The van der Waals surface area contributed by atoms with Gasteiger partial charge in [-0.3, -0.25) is 9.62 Å². The van der Waals surface area contributed by atoms with Crippen molar-refractivity contribution in [3.05, 3.63) is 35.1 Å². The van der Waals surface area contributed by atoms with Crippen molar-refractivity contribution in [3.63, 3.8) is 0 Å². The molecule has 2 saturated heterocycles. The zero-order valence-electron chi connectivity index (χ0n) is 15.9. The van der Waals surface area contributed by atoms with Crippen molar-refractivity contribution >= 4 is 32.2 Å². The van der Waals surface area contributed by atoms with E-state index in [1.54, 1.807) is 5.38 Å². The van der Waals surface area contributed by atoms with Gasteiger partial charge in [0.2, 0.25) is 0 Å². The first-order valence-electron chi connectivity index (χ1n) is 9.67. The molecule has 0 radical (unpaired) electrons. The maximum atomic E-state index is 14.8. The van der Waals surface area contributed by atoms with Crippen LogP contribution in [0.4, 0.5) is 15.2 Å². The van der Waals surface area contributed by atoms with Crippen LogP contribution in [0.15, 0.2) is 28.6 Å². The van der Waals surface area contributed by atoms with Gasteiger partial charge >= 0.3 is 0 Å². The van der Waals surface area contributed by atoms with Crippen LogP contribution >= 0.6 is 11.3 Å². The second-order valence-corrected chi connectivity index (χ2v) is 10.1. The van der Waals surface area contributed by atoms with E-state index in [2.05, 4.69) is 19.9 Å². The van der Waals surface area contributed by atoms with Crippen molar-refractivity contribution in [2.75, 3.05) is 29.7 Å². The third-order valence-electron chi connectivity index (χ3n) is 5.90. The Morgan fingerprint density at radius 1 is 1.29 bits per heavy atom. The molecule has 4 rings (SSSR count). The average molecular weight is 425 g/mol. The molecular weight excluding hydrogens is 399 g/mol. The van der Waals surface area contributed by atoms with Gasteiger partial charge in [-0.15, -0.1) is 11.3 Å². The third-order valence-corrected chi connectivity index (χ3v) is 8.07. The van der Waals surface area contributed by atoms with Crippen LogP contribution in [-0.4, -0.2) is 43.5 Å². The summed E-state index contributed by atoms with van der Waals surface area (Å²) in [6, 6.07) is 2.76. The number of sulfonamides is 1. The molecule has 2 aliphatic rings. The maximum absolute atomic E-state index is 14.8. The number of fused-ring (bicyclic) bond motifs is 1. The van der Waals surface area contributed by atoms with Gasteiger partial charge in [-0.1, -0.05) is 6.92 Å². The number of nitrogens with zero attached hydrogens (tertiary/aromatic N) is 2. The molecule has 1 aromatic carbocycles. The van der Waals surface area contributed by atoms with Gasteiger partial charge in [-0.05, 0) is 62.9 Å². The van der Waals surface area contributed by atoms with Crippen LogP contribution in [0, 0.1) is 5.82 Å². The lowest BCUT2D eigenvalue weighted by Gasteiger charge is -2.33. The standard InChI is InChI=1S/C19H25FN4O2S2/c1-2-14-11-17(28(25,26)23-18-21-7-10-27-18)15(20)12-16(14)22-13-19-5-3-8-24(19)9-4-6-19/h7,10-12,22H,2-6,8-9,13H2,1H3,(H,21,23). The summed E-state index contributed by atoms with van der Waals surface area (Å²) < 4.78 is 42.3. The summed E-state index contributed by atoms with van der Waals surface area (Å²) in [5.74, 6) is -0.754. The third kappa shape index (κ3) is 3.62. The van der Waals surface area contributed by atoms with Crippen LogP contribution < -0.4 is 10.0 Å². The van der Waals surface area contributed by atoms with Crippen molar-refractivity contribution in [1.82, 2.24) is 9.88 Å². The predicted octanol–water partition coefficient (Wildman–Crippen LogP) is 3.69. The highest BCUT2D eigenvalue weighted by molar-refractivity contribution is 7.93. The Morgan fingerprint density at radius 2 is 2.04 bits per heavy atom. The first-order chi connectivity index (χ1) is 13.4. The summed E-state index contributed by atoms with van der Waals surface area (Å²) in [6.07, 6.45) is 6.84. The van der Waals surface area contributed by atoms with Gasteiger partial charge in [0.25, 0.3) is 10.0 Å². The van der Waals surface area contributed by atoms with Crippen LogP contribution in [-0.2, 0) is 16.4 Å². The Balaban J connectivity index is 1.57. The Hall–Kier alpha value is -1.71. The normalized spacial score (nSPS) is 18.9. The van der Waals surface area contributed by atoms with E-state index in [0.29, 0.717) is 12.1 Å². The smallest absolute Gasteiger partial charge is 0.266 e. The highest BCUT2D eigenvalue weighted by atomic mass is 32.2. The largest absolute Gasteiger partial charge is 0.383 e. The number of aryl methyl sites for hydroxylation is 1. The minimum atomic E-state index is -4.02. The number of hydrogen-bond acceptors (Lipinski definition) is 6. The Morgan fingerprint density at radius 3 is 2.68 bits per heavy atom. The number of hydrogen-bond donors (Lipinski definition) is 2. The van der Waals surface area contributed by atoms with Crippen molar-refractivity contribution in [1.29, 1.82) is 0 Å². The Bertz CT molecular complexity index is 937. The fraction of sp³-hybridized carbons (Fsp3) is 0.526. The van der Waals surface area contributed by atoms with Crippen LogP contribution in [0.25, 0.3) is 0 Å². The number of aromatic nitrogens is 1. The highest BCUT2D eigenvalue weighted by Crippen LogP contribution is 2.39. The monoisotopic (exact) mass is 424 g/mol. The molecule has 2 fully saturated rings. The van der Waals surface area contributed by atoms with Gasteiger partial charge in [0.15, 0.2) is 5.13 Å². The van der Waals surface area contributed by atoms with E-state index in [1.165, 1.54) is 31.2 Å². The van der Waals surface area contributed by atoms with Crippen molar-refractivity contribution in [2.45, 2.75) is 49.5 Å². The van der Waals surface area contributed by atoms with E-state index < -0.39 is 15.8 Å². The lowest BCUT2D eigenvalue weighted by Crippen LogP contribution is -2.44. The van der Waals surface area contributed by atoms with E-state index in [1.807, 2.05) is 6.92 Å². The second kappa shape index (κ2) is 7.61. The van der Waals surface area contributed by atoms with Gasteiger partial charge in [0.1, 0.15) is 10.7 Å². The van der Waals surface area contributed by atoms with E-state index in [9.17, 15) is 12.8 Å². The minimum absolute atomic E-state index is 0.165. The lowest BCUT2D eigenvalue weighted by molar-refractivity contribution is 0.209. The molecular formula is C19H25FN4O2S2. The average Bonchev–Trinajstić information content (AvgIpc) is 3.36. The van der Waals surface area contributed by atoms with E-state index >= 15 is 0 Å². The highest BCUT2D eigenvalue weighted by Gasteiger charge is 2.43. The summed E-state index contributed by atoms with van der Waals surface area (Å²) in [4.78, 5) is 6.11. The first-order valence-corrected chi connectivity index (χ1v) is 12.0. The number of thiazole rings is 1. The van der Waals surface area contributed by atoms with E-state index in [-0.39, 0.29) is 15.6 Å². The summed E-state index contributed by atoms with van der Waals surface area (Å²) in [6.45, 7) is 4.98. The Kier molecular flexibility index (Phi) is 5.32. The van der Waals surface area contributed by atoms with Gasteiger partial charge < -0.3 is 5.32 Å². The molecule has 2 N–H and O–H groups in total. The number of rotatable bonds is 7. The number of benzene rings is 1. The van der Waals surface area contributed by atoms with Crippen molar-refractivity contribution in [3.8, 4) is 0 Å². The summed E-state index contributed by atoms with van der Waals surface area (Å²) >= 11 is 1.15. The summed E-state index contributed by atoms with van der Waals surface area (Å²) in [5.41, 5.74) is 1.64. The molecule has 152 valence electrons. The molecule has 2 aromatic rings. The molecule has 28 heavy (non-hydrogen) atoms. The maximum Gasteiger partial charge on any atom is 0.266 e. The predicted molar refractivity (Wildman–Crippen MR) is 110 cm³/mol. The molecule has 0 unspecified atom stereocenters. The topological polar surface area (TPSA) is 74.3 Å². The molecule has 9 heteroatoms. The fourth-order valence-electron chi connectivity index (χ4n) is 4.48. The molecule has 6 nitrogen and oxygen atoms in total. The summed E-state index contributed by atoms with van der Waals surface area (Å²) in [7, 11) is -4.02. The summed E-state index contributed by atoms with van der Waals surface area (Å²) in [5, 5.41) is 5.31. The Labute approximate surface area is 169 Å². The molecule has 0 aliphatic carbocycles. The zero-order chi connectivity index (χ0) is 19.8. The second-order valence-electron chi connectivity index (χ2n) is 7.51. The quantitative estimate of drug-likeness (QED) is 0.709. The number of nitrogens with one attached hydrogen (secondary N) is 2. The first kappa shape index (κ1) is 19.6. The van der Waals surface area contributed by atoms with Crippen LogP contribution in [0.5, 0.6) is 0 Å². The minimum Gasteiger partial charge on any atom is -0.383 e. The van der Waals surface area contributed by atoms with Crippen LogP contribution in [0.2, 0.25) is 0 Å². The molecule has 3 heterocycles. The molecule has 2 aliphatic heterocycles. The van der Waals surface area contributed by atoms with Crippen molar-refractivity contribution in [2.24, 2.45) is 0 Å².